The largest absolute Gasteiger partial charge is 0.310 e. The highest BCUT2D eigenvalue weighted by Gasteiger charge is 2.18. The van der Waals surface area contributed by atoms with Crippen LogP contribution in [0.15, 0.2) is 16.3 Å². The molecule has 0 atom stereocenters. The summed E-state index contributed by atoms with van der Waals surface area (Å²) < 4.78 is 49.1. The van der Waals surface area contributed by atoms with E-state index in [4.69, 9.17) is 0 Å². The molecule has 0 amide bonds. The maximum Gasteiger partial charge on any atom is 0.251 e. The fourth-order valence-corrected chi connectivity index (χ4v) is 3.50. The number of hydrogen-bond acceptors (Lipinski definition) is 4. The lowest BCUT2D eigenvalue weighted by atomic mass is 10.4. The molecule has 0 aliphatic heterocycles. The van der Waals surface area contributed by atoms with Gasteiger partial charge in [0.1, 0.15) is 4.21 Å². The van der Waals surface area contributed by atoms with Crippen molar-refractivity contribution in [3.05, 3.63) is 17.0 Å². The summed E-state index contributed by atoms with van der Waals surface area (Å²) in [5.74, 6) is 0. The maximum atomic E-state index is 12.0. The fraction of sp³-hybridized carbons (Fsp3) is 0.600. The summed E-state index contributed by atoms with van der Waals surface area (Å²) in [6.45, 7) is 3.66. The highest BCUT2D eigenvalue weighted by molar-refractivity contribution is 7.91. The van der Waals surface area contributed by atoms with Crippen molar-refractivity contribution in [3.8, 4) is 0 Å². The number of halogens is 2. The normalized spacial score (nSPS) is 12.6. The van der Waals surface area contributed by atoms with Gasteiger partial charge in [-0.05, 0) is 12.1 Å². The van der Waals surface area contributed by atoms with E-state index >= 15 is 0 Å². The molecule has 1 aromatic heterocycles. The predicted octanol–water partition coefficient (Wildman–Crippen LogP) is 1.79. The second-order valence-corrected chi connectivity index (χ2v) is 7.16. The van der Waals surface area contributed by atoms with Gasteiger partial charge in [-0.25, -0.2) is 21.9 Å². The van der Waals surface area contributed by atoms with Crippen LogP contribution in [0, 0.1) is 0 Å². The van der Waals surface area contributed by atoms with E-state index in [9.17, 15) is 17.2 Å². The molecule has 0 radical (unpaired) electrons. The van der Waals surface area contributed by atoms with Crippen molar-refractivity contribution < 1.29 is 17.2 Å². The summed E-state index contributed by atoms with van der Waals surface area (Å²) in [6.07, 6.45) is -2.69. The number of nitrogens with one attached hydrogen (secondary N) is 2. The Morgan fingerprint density at radius 1 is 1.33 bits per heavy atom. The predicted molar refractivity (Wildman–Crippen MR) is 67.5 cm³/mol. The van der Waals surface area contributed by atoms with E-state index in [1.165, 1.54) is 6.07 Å². The lowest BCUT2D eigenvalue weighted by molar-refractivity contribution is 0.153. The summed E-state index contributed by atoms with van der Waals surface area (Å²) in [5, 5.41) is 3.15. The molecule has 1 rings (SSSR count). The lowest BCUT2D eigenvalue weighted by Crippen LogP contribution is -2.28. The Bertz CT molecular complexity index is 472. The number of thiophene rings is 1. The summed E-state index contributed by atoms with van der Waals surface area (Å²) in [7, 11) is -3.81. The van der Waals surface area contributed by atoms with Crippen LogP contribution < -0.4 is 10.0 Å². The van der Waals surface area contributed by atoms with Crippen LogP contribution in [0.1, 0.15) is 18.7 Å². The molecule has 0 unspecified atom stereocenters. The van der Waals surface area contributed by atoms with Gasteiger partial charge in [-0.15, -0.1) is 11.3 Å². The number of rotatable bonds is 7. The van der Waals surface area contributed by atoms with Crippen LogP contribution in [-0.4, -0.2) is 27.4 Å². The zero-order valence-electron chi connectivity index (χ0n) is 10.1. The molecule has 1 aromatic rings. The highest BCUT2D eigenvalue weighted by atomic mass is 32.2. The molecule has 2 N–H and O–H groups in total. The van der Waals surface area contributed by atoms with Crippen molar-refractivity contribution in [1.29, 1.82) is 0 Å². The third-order valence-corrected chi connectivity index (χ3v) is 5.01. The van der Waals surface area contributed by atoms with Crippen LogP contribution in [0.3, 0.4) is 0 Å². The van der Waals surface area contributed by atoms with Gasteiger partial charge < -0.3 is 5.32 Å². The third kappa shape index (κ3) is 4.97. The standard InChI is InChI=1S/C10H16F2N2O2S2/c1-7(2)13-5-8-3-4-10(17-8)18(15,16)14-6-9(11)12/h3-4,7,9,13-14H,5-6H2,1-2H3. The second-order valence-electron chi connectivity index (χ2n) is 4.00. The molecule has 0 spiro atoms. The van der Waals surface area contributed by atoms with Gasteiger partial charge in [0.2, 0.25) is 10.0 Å². The van der Waals surface area contributed by atoms with Crippen molar-refractivity contribution in [2.75, 3.05) is 6.54 Å². The van der Waals surface area contributed by atoms with E-state index in [0.717, 1.165) is 16.2 Å². The first-order valence-corrected chi connectivity index (χ1v) is 7.71. The quantitative estimate of drug-likeness (QED) is 0.807. The van der Waals surface area contributed by atoms with Gasteiger partial charge in [0.05, 0.1) is 6.54 Å². The molecule has 0 saturated carbocycles. The van der Waals surface area contributed by atoms with E-state index < -0.39 is 23.0 Å². The van der Waals surface area contributed by atoms with Crippen LogP contribution in [0.5, 0.6) is 0 Å². The Labute approximate surface area is 109 Å². The van der Waals surface area contributed by atoms with Gasteiger partial charge in [0.15, 0.2) is 0 Å². The molecule has 18 heavy (non-hydrogen) atoms. The Morgan fingerprint density at radius 3 is 2.56 bits per heavy atom. The molecular weight excluding hydrogens is 282 g/mol. The van der Waals surface area contributed by atoms with E-state index in [1.807, 2.05) is 18.6 Å². The Morgan fingerprint density at radius 2 is 2.00 bits per heavy atom. The molecule has 104 valence electrons. The minimum Gasteiger partial charge on any atom is -0.310 e. The van der Waals surface area contributed by atoms with Gasteiger partial charge in [0, 0.05) is 17.5 Å². The molecule has 1 heterocycles. The van der Waals surface area contributed by atoms with Crippen molar-refractivity contribution >= 4 is 21.4 Å². The first-order chi connectivity index (χ1) is 8.31. The topological polar surface area (TPSA) is 58.2 Å². The smallest absolute Gasteiger partial charge is 0.251 e. The average molecular weight is 298 g/mol. The monoisotopic (exact) mass is 298 g/mol. The van der Waals surface area contributed by atoms with Crippen LogP contribution in [0.4, 0.5) is 8.78 Å². The molecule has 0 aliphatic rings. The van der Waals surface area contributed by atoms with E-state index in [0.29, 0.717) is 12.6 Å². The number of alkyl halides is 2. The zero-order valence-corrected chi connectivity index (χ0v) is 11.7. The Kier molecular flexibility index (Phi) is 5.64. The molecule has 0 aliphatic carbocycles. The molecule has 0 saturated heterocycles. The first kappa shape index (κ1) is 15.5. The fourth-order valence-electron chi connectivity index (χ4n) is 1.15. The molecule has 4 nitrogen and oxygen atoms in total. The number of hydrogen-bond donors (Lipinski definition) is 2. The van der Waals surface area contributed by atoms with Gasteiger partial charge in [-0.3, -0.25) is 0 Å². The van der Waals surface area contributed by atoms with Crippen LogP contribution >= 0.6 is 11.3 Å². The van der Waals surface area contributed by atoms with E-state index in [1.54, 1.807) is 6.07 Å². The van der Waals surface area contributed by atoms with Gasteiger partial charge >= 0.3 is 0 Å². The van der Waals surface area contributed by atoms with Crippen LogP contribution in [-0.2, 0) is 16.6 Å². The maximum absolute atomic E-state index is 12.0. The minimum atomic E-state index is -3.81. The molecule has 0 fully saturated rings. The molecule has 8 heteroatoms. The van der Waals surface area contributed by atoms with Gasteiger partial charge in [-0.1, -0.05) is 13.8 Å². The first-order valence-electron chi connectivity index (χ1n) is 5.41. The average Bonchev–Trinajstić information content (AvgIpc) is 2.73. The van der Waals surface area contributed by atoms with Crippen molar-refractivity contribution in [2.24, 2.45) is 0 Å². The van der Waals surface area contributed by atoms with Crippen molar-refractivity contribution in [1.82, 2.24) is 10.0 Å². The van der Waals surface area contributed by atoms with Gasteiger partial charge in [-0.2, -0.15) is 0 Å². The van der Waals surface area contributed by atoms with Crippen molar-refractivity contribution in [3.63, 3.8) is 0 Å². The summed E-state index contributed by atoms with van der Waals surface area (Å²) in [4.78, 5) is 0.848. The highest BCUT2D eigenvalue weighted by Crippen LogP contribution is 2.21. The summed E-state index contributed by atoms with van der Waals surface area (Å²) in [5.41, 5.74) is 0. The van der Waals surface area contributed by atoms with Crippen molar-refractivity contribution in [2.45, 2.75) is 37.1 Å². The Balaban J connectivity index is 2.66. The lowest BCUT2D eigenvalue weighted by Gasteiger charge is -2.05. The molecule has 0 aromatic carbocycles. The van der Waals surface area contributed by atoms with E-state index in [-0.39, 0.29) is 4.21 Å². The molecular formula is C10H16F2N2O2S2. The number of sulfonamides is 1. The van der Waals surface area contributed by atoms with Crippen LogP contribution in [0.2, 0.25) is 0 Å². The SMILES string of the molecule is CC(C)NCc1ccc(S(=O)(=O)NCC(F)F)s1. The van der Waals surface area contributed by atoms with E-state index in [2.05, 4.69) is 5.32 Å². The molecule has 0 bridgehead atoms. The van der Waals surface area contributed by atoms with Crippen LogP contribution in [0.25, 0.3) is 0 Å². The minimum absolute atomic E-state index is 0.0590. The zero-order chi connectivity index (χ0) is 13.8. The summed E-state index contributed by atoms with van der Waals surface area (Å²) in [6, 6.07) is 3.40. The summed E-state index contributed by atoms with van der Waals surface area (Å²) >= 11 is 1.08. The second kappa shape index (κ2) is 6.55. The Hall–Kier alpha value is -0.570. The van der Waals surface area contributed by atoms with Gasteiger partial charge in [0.25, 0.3) is 6.43 Å². The third-order valence-electron chi connectivity index (χ3n) is 2.01.